The molecule has 0 heterocycles. The van der Waals surface area contributed by atoms with Gasteiger partial charge in [-0.1, -0.05) is 23.7 Å². The van der Waals surface area contributed by atoms with Gasteiger partial charge in [0.25, 0.3) is 0 Å². The fraction of sp³-hybridized carbons (Fsp3) is 0.250. The van der Waals surface area contributed by atoms with Gasteiger partial charge in [-0.3, -0.25) is 4.79 Å². The Morgan fingerprint density at radius 3 is 2.87 bits per heavy atom. The zero-order valence-corrected chi connectivity index (χ0v) is 9.27. The number of hydrogen-bond donors (Lipinski definition) is 1. The lowest BCUT2D eigenvalue weighted by molar-refractivity contribution is -0.116. The van der Waals surface area contributed by atoms with Crippen LogP contribution < -0.4 is 5.32 Å². The number of carbonyl (C=O) groups excluding carboxylic acids is 1. The summed E-state index contributed by atoms with van der Waals surface area (Å²) in [4.78, 5) is 11.4. The summed E-state index contributed by atoms with van der Waals surface area (Å²) in [5.74, 6) is 5.51. The van der Waals surface area contributed by atoms with Crippen LogP contribution in [0.15, 0.2) is 24.3 Å². The summed E-state index contributed by atoms with van der Waals surface area (Å²) in [6.07, 6.45) is 0.971. The molecule has 2 nitrogen and oxygen atoms in total. The molecule has 0 aliphatic rings. The molecule has 0 unspecified atom stereocenters. The molecule has 0 bridgehead atoms. The zero-order valence-electron chi connectivity index (χ0n) is 8.51. The van der Waals surface area contributed by atoms with Crippen molar-refractivity contribution >= 4 is 23.2 Å². The molecule has 0 aliphatic carbocycles. The van der Waals surface area contributed by atoms with Crippen molar-refractivity contribution in [3.8, 4) is 11.8 Å². The molecule has 1 rings (SSSR count). The average Bonchev–Trinajstić information content (AvgIpc) is 2.22. The summed E-state index contributed by atoms with van der Waals surface area (Å²) in [5.41, 5.74) is 0.647. The van der Waals surface area contributed by atoms with Gasteiger partial charge in [0, 0.05) is 12.8 Å². The van der Waals surface area contributed by atoms with Gasteiger partial charge in [-0.05, 0) is 19.1 Å². The lowest BCUT2D eigenvalue weighted by Crippen LogP contribution is -2.10. The minimum atomic E-state index is -0.0640. The van der Waals surface area contributed by atoms with Crippen molar-refractivity contribution in [1.29, 1.82) is 0 Å². The SMILES string of the molecule is CC#CCCC(=O)Nc1ccccc1Cl. The maximum Gasteiger partial charge on any atom is 0.225 e. The number of para-hydroxylation sites is 1. The Bertz CT molecular complexity index is 404. The molecule has 0 saturated heterocycles. The van der Waals surface area contributed by atoms with Crippen LogP contribution in [0.25, 0.3) is 0 Å². The molecule has 1 aromatic carbocycles. The highest BCUT2D eigenvalue weighted by Gasteiger charge is 2.03. The summed E-state index contributed by atoms with van der Waals surface area (Å²) >= 11 is 5.89. The number of amides is 1. The second kappa shape index (κ2) is 6.10. The van der Waals surface area contributed by atoms with E-state index in [0.717, 1.165) is 0 Å². The molecule has 78 valence electrons. The third-order valence-corrected chi connectivity index (χ3v) is 2.13. The first kappa shape index (κ1) is 11.6. The first-order valence-electron chi connectivity index (χ1n) is 4.68. The van der Waals surface area contributed by atoms with E-state index in [-0.39, 0.29) is 5.91 Å². The topological polar surface area (TPSA) is 29.1 Å². The number of carbonyl (C=O) groups is 1. The second-order valence-corrected chi connectivity index (χ2v) is 3.36. The predicted molar refractivity (Wildman–Crippen MR) is 62.8 cm³/mol. The van der Waals surface area contributed by atoms with E-state index in [1.54, 1.807) is 19.1 Å². The van der Waals surface area contributed by atoms with Gasteiger partial charge in [-0.25, -0.2) is 0 Å². The molecule has 1 aromatic rings. The Hall–Kier alpha value is -1.46. The summed E-state index contributed by atoms with van der Waals surface area (Å²) in [7, 11) is 0. The van der Waals surface area contributed by atoms with Crippen molar-refractivity contribution in [2.45, 2.75) is 19.8 Å². The molecule has 0 atom stereocenters. The molecule has 1 amide bonds. The van der Waals surface area contributed by atoms with E-state index in [4.69, 9.17) is 11.6 Å². The summed E-state index contributed by atoms with van der Waals surface area (Å²) in [6.45, 7) is 1.76. The number of halogens is 1. The highest BCUT2D eigenvalue weighted by molar-refractivity contribution is 6.33. The van der Waals surface area contributed by atoms with E-state index in [1.807, 2.05) is 12.1 Å². The van der Waals surface area contributed by atoms with Crippen LogP contribution in [0.1, 0.15) is 19.8 Å². The van der Waals surface area contributed by atoms with E-state index in [9.17, 15) is 4.79 Å². The number of hydrogen-bond acceptors (Lipinski definition) is 1. The van der Waals surface area contributed by atoms with E-state index >= 15 is 0 Å². The van der Waals surface area contributed by atoms with Crippen molar-refractivity contribution in [3.05, 3.63) is 29.3 Å². The molecule has 3 heteroatoms. The minimum absolute atomic E-state index is 0.0640. The van der Waals surface area contributed by atoms with Crippen LogP contribution in [0.4, 0.5) is 5.69 Å². The Morgan fingerprint density at radius 2 is 2.20 bits per heavy atom. The molecule has 0 radical (unpaired) electrons. The number of rotatable bonds is 3. The van der Waals surface area contributed by atoms with Crippen molar-refractivity contribution in [1.82, 2.24) is 0 Å². The van der Waals surface area contributed by atoms with Crippen LogP contribution in [0.3, 0.4) is 0 Å². The Balaban J connectivity index is 2.50. The van der Waals surface area contributed by atoms with Crippen LogP contribution >= 0.6 is 11.6 Å². The van der Waals surface area contributed by atoms with Crippen molar-refractivity contribution in [3.63, 3.8) is 0 Å². The van der Waals surface area contributed by atoms with Crippen LogP contribution in [0.5, 0.6) is 0 Å². The van der Waals surface area contributed by atoms with E-state index in [2.05, 4.69) is 17.2 Å². The monoisotopic (exact) mass is 221 g/mol. The fourth-order valence-electron chi connectivity index (χ4n) is 1.08. The van der Waals surface area contributed by atoms with Crippen LogP contribution in [-0.4, -0.2) is 5.91 Å². The normalized spacial score (nSPS) is 8.93. The second-order valence-electron chi connectivity index (χ2n) is 2.95. The van der Waals surface area contributed by atoms with Crippen molar-refractivity contribution < 1.29 is 4.79 Å². The average molecular weight is 222 g/mol. The fourth-order valence-corrected chi connectivity index (χ4v) is 1.26. The Labute approximate surface area is 94.6 Å². The van der Waals surface area contributed by atoms with Gasteiger partial charge < -0.3 is 5.32 Å². The molecule has 0 spiro atoms. The molecule has 15 heavy (non-hydrogen) atoms. The summed E-state index contributed by atoms with van der Waals surface area (Å²) in [5, 5.41) is 3.28. The molecule has 0 fully saturated rings. The lowest BCUT2D eigenvalue weighted by atomic mass is 10.2. The number of nitrogens with one attached hydrogen (secondary N) is 1. The van der Waals surface area contributed by atoms with Gasteiger partial charge in [0.05, 0.1) is 10.7 Å². The summed E-state index contributed by atoms with van der Waals surface area (Å²) in [6, 6.07) is 7.16. The van der Waals surface area contributed by atoms with Crippen molar-refractivity contribution in [2.75, 3.05) is 5.32 Å². The highest BCUT2D eigenvalue weighted by Crippen LogP contribution is 2.20. The maximum atomic E-state index is 11.4. The van der Waals surface area contributed by atoms with Gasteiger partial charge >= 0.3 is 0 Å². The number of anilines is 1. The maximum absolute atomic E-state index is 11.4. The van der Waals surface area contributed by atoms with Crippen molar-refractivity contribution in [2.24, 2.45) is 0 Å². The zero-order chi connectivity index (χ0) is 11.1. The van der Waals surface area contributed by atoms with Gasteiger partial charge in [0.2, 0.25) is 5.91 Å². The standard InChI is InChI=1S/C12H12ClNO/c1-2-3-4-9-12(15)14-11-8-6-5-7-10(11)13/h5-8H,4,9H2,1H3,(H,14,15). The van der Waals surface area contributed by atoms with Crippen LogP contribution in [-0.2, 0) is 4.79 Å². The molecular formula is C12H12ClNO. The van der Waals surface area contributed by atoms with Crippen LogP contribution in [0.2, 0.25) is 5.02 Å². The number of benzene rings is 1. The van der Waals surface area contributed by atoms with Gasteiger partial charge in [0.15, 0.2) is 0 Å². The minimum Gasteiger partial charge on any atom is -0.325 e. The predicted octanol–water partition coefficient (Wildman–Crippen LogP) is 3.08. The van der Waals surface area contributed by atoms with E-state index in [0.29, 0.717) is 23.6 Å². The molecule has 0 aliphatic heterocycles. The largest absolute Gasteiger partial charge is 0.325 e. The smallest absolute Gasteiger partial charge is 0.225 e. The third-order valence-electron chi connectivity index (χ3n) is 1.80. The van der Waals surface area contributed by atoms with Gasteiger partial charge in [0.1, 0.15) is 0 Å². The van der Waals surface area contributed by atoms with E-state index < -0.39 is 0 Å². The van der Waals surface area contributed by atoms with Gasteiger partial charge in [-0.15, -0.1) is 11.8 Å². The van der Waals surface area contributed by atoms with Crippen LogP contribution in [0, 0.1) is 11.8 Å². The van der Waals surface area contributed by atoms with Gasteiger partial charge in [-0.2, -0.15) is 0 Å². The third kappa shape index (κ3) is 4.05. The molecule has 0 saturated carbocycles. The van der Waals surface area contributed by atoms with E-state index in [1.165, 1.54) is 0 Å². The quantitative estimate of drug-likeness (QED) is 0.781. The molecule has 0 aromatic heterocycles. The molecular weight excluding hydrogens is 210 g/mol. The highest BCUT2D eigenvalue weighted by atomic mass is 35.5. The Kier molecular flexibility index (Phi) is 4.73. The molecule has 1 N–H and O–H groups in total. The summed E-state index contributed by atoms with van der Waals surface area (Å²) < 4.78 is 0. The Morgan fingerprint density at radius 1 is 1.47 bits per heavy atom. The first-order valence-corrected chi connectivity index (χ1v) is 5.06. The first-order chi connectivity index (χ1) is 7.24. The lowest BCUT2D eigenvalue weighted by Gasteiger charge is -2.05.